The Kier molecular flexibility index (Phi) is 7.28. The van der Waals surface area contributed by atoms with Gasteiger partial charge in [0.2, 0.25) is 10.3 Å². The third-order valence-electron chi connectivity index (χ3n) is 3.69. The molecule has 1 aromatic rings. The van der Waals surface area contributed by atoms with Crippen LogP contribution in [-0.2, 0) is 15.0 Å². The van der Waals surface area contributed by atoms with Gasteiger partial charge in [0, 0.05) is 11.3 Å². The van der Waals surface area contributed by atoms with Crippen LogP contribution in [0.15, 0.2) is 48.1 Å². The molecule has 0 fully saturated rings. The second-order valence-electron chi connectivity index (χ2n) is 7.17. The highest BCUT2D eigenvalue weighted by Crippen LogP contribution is 2.25. The average molecular weight is 464 g/mol. The number of carbonyl (C=O) groups is 1. The number of anilines is 1. The highest BCUT2D eigenvalue weighted by Gasteiger charge is 2.32. The summed E-state index contributed by atoms with van der Waals surface area (Å²) in [6.07, 6.45) is 4.39. The highest BCUT2D eigenvalue weighted by atomic mass is 79.9. The molecule has 1 unspecified atom stereocenters. The van der Waals surface area contributed by atoms with Crippen LogP contribution in [0.2, 0.25) is 0 Å². The molecule has 0 radical (unpaired) electrons. The van der Waals surface area contributed by atoms with Crippen molar-refractivity contribution in [3.8, 4) is 11.8 Å². The molecule has 7 heteroatoms. The van der Waals surface area contributed by atoms with Crippen molar-refractivity contribution >= 4 is 42.9 Å². The molecule has 0 saturated heterocycles. The summed E-state index contributed by atoms with van der Waals surface area (Å²) in [5.41, 5.74) is 1.27. The molecule has 2 rings (SSSR count). The lowest BCUT2D eigenvalue weighted by atomic mass is 10.0. The summed E-state index contributed by atoms with van der Waals surface area (Å²) < 4.78 is 29.2. The number of carbonyl (C=O) groups excluding carboxylic acids is 1. The van der Waals surface area contributed by atoms with Crippen molar-refractivity contribution in [2.24, 2.45) is 0 Å². The van der Waals surface area contributed by atoms with Gasteiger partial charge in [-0.3, -0.25) is 4.90 Å². The van der Waals surface area contributed by atoms with E-state index in [4.69, 9.17) is 4.74 Å². The minimum atomic E-state index is -2.49. The zero-order valence-electron chi connectivity index (χ0n) is 16.2. The van der Waals surface area contributed by atoms with Crippen molar-refractivity contribution in [3.05, 3.63) is 53.6 Å². The number of benzene rings is 1. The molecule has 148 valence electrons. The third-order valence-corrected chi connectivity index (χ3v) is 4.71. The van der Waals surface area contributed by atoms with Gasteiger partial charge in [0.1, 0.15) is 5.60 Å². The fourth-order valence-electron chi connectivity index (χ4n) is 2.62. The van der Waals surface area contributed by atoms with E-state index in [0.29, 0.717) is 16.6 Å². The average Bonchev–Trinajstić information content (AvgIpc) is 2.60. The van der Waals surface area contributed by atoms with Crippen LogP contribution in [0.3, 0.4) is 0 Å². The smallest absolute Gasteiger partial charge is 0.415 e. The largest absolute Gasteiger partial charge is 0.443 e. The third kappa shape index (κ3) is 5.85. The summed E-state index contributed by atoms with van der Waals surface area (Å²) in [6.45, 7) is 7.09. The predicted molar refractivity (Wildman–Crippen MR) is 116 cm³/mol. The van der Waals surface area contributed by atoms with Crippen molar-refractivity contribution in [3.63, 3.8) is 0 Å². The van der Waals surface area contributed by atoms with Gasteiger partial charge in [0.25, 0.3) is 0 Å². The maximum Gasteiger partial charge on any atom is 0.415 e. The summed E-state index contributed by atoms with van der Waals surface area (Å²) in [4.78, 5) is 14.5. The van der Waals surface area contributed by atoms with E-state index in [-0.39, 0.29) is 4.86 Å². The maximum atomic E-state index is 13.0. The number of ether oxygens (including phenoxy) is 1. The second-order valence-corrected chi connectivity index (χ2v) is 8.67. The first-order valence-electron chi connectivity index (χ1n) is 8.62. The SMILES string of the molecule is CC1=CC(=S(=O)=O)C(N(C(=O)OC(C)(C)C)c2cccc(C#CCBr)c2)C=C1. The molecule has 1 aromatic carbocycles. The molecule has 0 N–H and O–H groups in total. The van der Waals surface area contributed by atoms with Crippen LogP contribution >= 0.6 is 15.9 Å². The van der Waals surface area contributed by atoms with Gasteiger partial charge in [-0.05, 0) is 57.5 Å². The highest BCUT2D eigenvalue weighted by molar-refractivity contribution is 9.09. The van der Waals surface area contributed by atoms with E-state index in [1.165, 1.54) is 4.90 Å². The minimum absolute atomic E-state index is 0.0998. The molecule has 0 spiro atoms. The Labute approximate surface area is 175 Å². The lowest BCUT2D eigenvalue weighted by molar-refractivity contribution is 0.0579. The number of hydrogen-bond acceptors (Lipinski definition) is 4. The second kappa shape index (κ2) is 9.26. The van der Waals surface area contributed by atoms with Crippen molar-refractivity contribution < 1.29 is 17.9 Å². The monoisotopic (exact) mass is 463 g/mol. The maximum absolute atomic E-state index is 13.0. The van der Waals surface area contributed by atoms with Gasteiger partial charge >= 0.3 is 6.09 Å². The van der Waals surface area contributed by atoms with Crippen LogP contribution in [-0.4, -0.2) is 36.3 Å². The first-order chi connectivity index (χ1) is 13.1. The zero-order chi connectivity index (χ0) is 20.9. The predicted octanol–water partition coefficient (Wildman–Crippen LogP) is 4.11. The lowest BCUT2D eigenvalue weighted by Crippen LogP contribution is -2.47. The van der Waals surface area contributed by atoms with Crippen LogP contribution in [0.25, 0.3) is 0 Å². The number of alkyl halides is 1. The summed E-state index contributed by atoms with van der Waals surface area (Å²) in [6, 6.07) is 6.25. The van der Waals surface area contributed by atoms with E-state index in [1.54, 1.807) is 64.1 Å². The van der Waals surface area contributed by atoms with E-state index in [1.807, 2.05) is 6.07 Å². The van der Waals surface area contributed by atoms with Crippen molar-refractivity contribution in [1.29, 1.82) is 0 Å². The van der Waals surface area contributed by atoms with E-state index in [0.717, 1.165) is 5.57 Å². The number of nitrogens with zero attached hydrogens (tertiary/aromatic N) is 1. The van der Waals surface area contributed by atoms with E-state index in [9.17, 15) is 13.2 Å². The molecule has 28 heavy (non-hydrogen) atoms. The Balaban J connectivity index is 2.60. The van der Waals surface area contributed by atoms with Gasteiger partial charge in [-0.2, -0.15) is 8.42 Å². The summed E-state index contributed by atoms with van der Waals surface area (Å²) in [5.74, 6) is 5.90. The molecule has 0 aromatic heterocycles. The van der Waals surface area contributed by atoms with Gasteiger partial charge in [0.05, 0.1) is 16.2 Å². The Morgan fingerprint density at radius 1 is 1.32 bits per heavy atom. The van der Waals surface area contributed by atoms with Crippen LogP contribution in [0.4, 0.5) is 10.5 Å². The van der Waals surface area contributed by atoms with Gasteiger partial charge in [-0.25, -0.2) is 4.79 Å². The minimum Gasteiger partial charge on any atom is -0.443 e. The summed E-state index contributed by atoms with van der Waals surface area (Å²) >= 11 is 3.26. The van der Waals surface area contributed by atoms with Gasteiger partial charge in [-0.15, -0.1) is 0 Å². The van der Waals surface area contributed by atoms with Crippen LogP contribution < -0.4 is 4.90 Å². The lowest BCUT2D eigenvalue weighted by Gasteiger charge is -2.33. The molecule has 5 nitrogen and oxygen atoms in total. The zero-order valence-corrected chi connectivity index (χ0v) is 18.6. The summed E-state index contributed by atoms with van der Waals surface area (Å²) in [5, 5.41) is 0.523. The van der Waals surface area contributed by atoms with E-state index < -0.39 is 28.0 Å². The fourth-order valence-corrected chi connectivity index (χ4v) is 3.42. The molecular weight excluding hydrogens is 442 g/mol. The summed E-state index contributed by atoms with van der Waals surface area (Å²) in [7, 11) is -2.49. The molecule has 1 aliphatic rings. The Morgan fingerprint density at radius 2 is 2.04 bits per heavy atom. The quantitative estimate of drug-likeness (QED) is 0.376. The normalized spacial score (nSPS) is 16.0. The van der Waals surface area contributed by atoms with Gasteiger partial charge in [-0.1, -0.05) is 46.0 Å². The molecular formula is C21H22BrNO4S. The number of hydrogen-bond donors (Lipinski definition) is 0. The Hall–Kier alpha value is -2.30. The molecule has 1 aliphatic carbocycles. The van der Waals surface area contributed by atoms with Crippen LogP contribution in [0.1, 0.15) is 33.3 Å². The van der Waals surface area contributed by atoms with Crippen LogP contribution in [0.5, 0.6) is 0 Å². The standard InChI is InChI=1S/C21H22BrNO4S/c1-15-10-11-18(19(13-15)28(25)26)23(20(24)27-21(2,3)4)17-9-5-7-16(14-17)8-6-12-22/h5,7,9-11,13-14,18H,12H2,1-4H3. The van der Waals surface area contributed by atoms with Gasteiger partial charge in [0.15, 0.2) is 0 Å². The number of amides is 1. The Morgan fingerprint density at radius 3 is 2.64 bits per heavy atom. The number of allylic oxidation sites excluding steroid dienone is 2. The Bertz CT molecular complexity index is 1010. The number of rotatable bonds is 2. The van der Waals surface area contributed by atoms with E-state index in [2.05, 4.69) is 27.8 Å². The fraction of sp³-hybridized carbons (Fsp3) is 0.333. The molecule has 0 aliphatic heterocycles. The molecule has 1 atom stereocenters. The van der Waals surface area contributed by atoms with Crippen LogP contribution in [0, 0.1) is 11.8 Å². The molecule has 0 saturated carbocycles. The van der Waals surface area contributed by atoms with Crippen molar-refractivity contribution in [1.82, 2.24) is 0 Å². The topological polar surface area (TPSA) is 63.7 Å². The molecule has 0 heterocycles. The van der Waals surface area contributed by atoms with Gasteiger partial charge < -0.3 is 4.74 Å². The van der Waals surface area contributed by atoms with Crippen molar-refractivity contribution in [2.45, 2.75) is 39.3 Å². The molecule has 0 bridgehead atoms. The first kappa shape index (κ1) is 22.0. The molecule has 1 amide bonds. The first-order valence-corrected chi connectivity index (χ1v) is 10.8. The van der Waals surface area contributed by atoms with E-state index >= 15 is 0 Å². The number of halogens is 1. The van der Waals surface area contributed by atoms with Crippen molar-refractivity contribution in [2.75, 3.05) is 10.2 Å².